The molecule has 0 unspecified atom stereocenters. The molecule has 5 rings (SSSR count). The normalized spacial score (nSPS) is 11.7. The van der Waals surface area contributed by atoms with Gasteiger partial charge in [-0.1, -0.05) is 34.1 Å². The average Bonchev–Trinajstić information content (AvgIpc) is 3.20. The summed E-state index contributed by atoms with van der Waals surface area (Å²) >= 11 is 3.48. The second-order valence-corrected chi connectivity index (χ2v) is 6.19. The van der Waals surface area contributed by atoms with E-state index in [0.29, 0.717) is 5.65 Å². The maximum absolute atomic E-state index is 4.68. The van der Waals surface area contributed by atoms with Gasteiger partial charge in [-0.25, -0.2) is 4.98 Å². The van der Waals surface area contributed by atoms with Crippen LogP contribution in [0.4, 0.5) is 0 Å². The molecule has 110 valence electrons. The standard InChI is InChI=1S/C16H9BrN6/c17-10-5-6-12-13(8-10)19-15(18-12)11-7-9-3-1-2-4-14(9)23-16(11)20-21-22-23/h1-8H,(H,18,19). The first-order valence-electron chi connectivity index (χ1n) is 7.05. The highest BCUT2D eigenvalue weighted by molar-refractivity contribution is 9.10. The third-order valence-corrected chi connectivity index (χ3v) is 4.37. The van der Waals surface area contributed by atoms with Crippen LogP contribution in [0.15, 0.2) is 53.0 Å². The minimum absolute atomic E-state index is 0.682. The zero-order chi connectivity index (χ0) is 15.4. The molecular weight excluding hydrogens is 356 g/mol. The summed E-state index contributed by atoms with van der Waals surface area (Å²) in [5.41, 5.74) is 4.40. The van der Waals surface area contributed by atoms with Crippen molar-refractivity contribution in [3.05, 3.63) is 53.0 Å². The Hall–Kier alpha value is -2.80. The van der Waals surface area contributed by atoms with Gasteiger partial charge in [-0.15, -0.1) is 5.10 Å². The van der Waals surface area contributed by atoms with Gasteiger partial charge in [0.1, 0.15) is 5.82 Å². The molecular formula is C16H9BrN6. The van der Waals surface area contributed by atoms with E-state index in [1.165, 1.54) is 0 Å². The number of hydrogen-bond acceptors (Lipinski definition) is 4. The number of benzene rings is 2. The predicted octanol–water partition coefficient (Wildman–Crippen LogP) is 3.58. The van der Waals surface area contributed by atoms with Crippen molar-refractivity contribution in [2.75, 3.05) is 0 Å². The summed E-state index contributed by atoms with van der Waals surface area (Å²) in [7, 11) is 0. The van der Waals surface area contributed by atoms with Gasteiger partial charge in [-0.3, -0.25) is 0 Å². The fourth-order valence-corrected chi connectivity index (χ4v) is 3.18. The van der Waals surface area contributed by atoms with E-state index in [1.807, 2.05) is 42.5 Å². The molecule has 5 aromatic rings. The van der Waals surface area contributed by atoms with Crippen LogP contribution in [0, 0.1) is 0 Å². The van der Waals surface area contributed by atoms with Crippen molar-refractivity contribution in [1.82, 2.24) is 30.0 Å². The molecule has 3 heterocycles. The molecule has 23 heavy (non-hydrogen) atoms. The number of hydrogen-bond donors (Lipinski definition) is 1. The second-order valence-electron chi connectivity index (χ2n) is 5.28. The van der Waals surface area contributed by atoms with E-state index in [-0.39, 0.29) is 0 Å². The third kappa shape index (κ3) is 1.86. The smallest absolute Gasteiger partial charge is 0.190 e. The molecule has 0 aliphatic carbocycles. The minimum atomic E-state index is 0.682. The monoisotopic (exact) mass is 364 g/mol. The zero-order valence-electron chi connectivity index (χ0n) is 11.7. The zero-order valence-corrected chi connectivity index (χ0v) is 13.3. The Bertz CT molecular complexity index is 1190. The molecule has 0 atom stereocenters. The van der Waals surface area contributed by atoms with Crippen LogP contribution in [0.5, 0.6) is 0 Å². The summed E-state index contributed by atoms with van der Waals surface area (Å²) in [4.78, 5) is 8.02. The maximum atomic E-state index is 4.68. The molecule has 6 nitrogen and oxygen atoms in total. The molecule has 3 aromatic heterocycles. The number of aromatic nitrogens is 6. The van der Waals surface area contributed by atoms with E-state index in [9.17, 15) is 0 Å². The van der Waals surface area contributed by atoms with Gasteiger partial charge in [0.05, 0.1) is 22.1 Å². The molecule has 0 aliphatic heterocycles. The summed E-state index contributed by atoms with van der Waals surface area (Å²) in [6.45, 7) is 0. The number of aromatic amines is 1. The van der Waals surface area contributed by atoms with Crippen LogP contribution in [0.25, 0.3) is 39.0 Å². The summed E-state index contributed by atoms with van der Waals surface area (Å²) in [6, 6.07) is 16.0. The SMILES string of the molecule is Brc1ccc2nc(-c3cc4ccccc4n4nnnc34)[nH]c2c1. The second kappa shape index (κ2) is 4.60. The summed E-state index contributed by atoms with van der Waals surface area (Å²) in [6.07, 6.45) is 0. The molecule has 1 N–H and O–H groups in total. The van der Waals surface area contributed by atoms with E-state index < -0.39 is 0 Å². The Labute approximate surface area is 138 Å². The molecule has 0 amide bonds. The van der Waals surface area contributed by atoms with Gasteiger partial charge in [0.25, 0.3) is 0 Å². The van der Waals surface area contributed by atoms with E-state index in [1.54, 1.807) is 4.52 Å². The number of pyridine rings is 1. The lowest BCUT2D eigenvalue weighted by atomic mass is 10.1. The third-order valence-electron chi connectivity index (χ3n) is 3.87. The number of tetrazole rings is 1. The molecule has 0 fully saturated rings. The molecule has 2 aromatic carbocycles. The van der Waals surface area contributed by atoms with E-state index in [4.69, 9.17) is 0 Å². The van der Waals surface area contributed by atoms with Crippen LogP contribution in [0.3, 0.4) is 0 Å². The van der Waals surface area contributed by atoms with Crippen LogP contribution in [0.1, 0.15) is 0 Å². The molecule has 0 aliphatic rings. The van der Waals surface area contributed by atoms with Crippen molar-refractivity contribution in [3.63, 3.8) is 0 Å². The molecule has 0 saturated carbocycles. The lowest BCUT2D eigenvalue weighted by Gasteiger charge is -2.03. The van der Waals surface area contributed by atoms with Crippen LogP contribution in [0.2, 0.25) is 0 Å². The number of para-hydroxylation sites is 1. The Morgan fingerprint density at radius 2 is 1.96 bits per heavy atom. The molecule has 7 heteroatoms. The van der Waals surface area contributed by atoms with Gasteiger partial charge in [0.2, 0.25) is 0 Å². The highest BCUT2D eigenvalue weighted by Crippen LogP contribution is 2.28. The Morgan fingerprint density at radius 3 is 2.91 bits per heavy atom. The number of nitrogens with zero attached hydrogens (tertiary/aromatic N) is 5. The van der Waals surface area contributed by atoms with Crippen molar-refractivity contribution in [3.8, 4) is 11.4 Å². The van der Waals surface area contributed by atoms with E-state index in [0.717, 1.165) is 37.8 Å². The molecule has 0 spiro atoms. The van der Waals surface area contributed by atoms with E-state index in [2.05, 4.69) is 47.5 Å². The summed E-state index contributed by atoms with van der Waals surface area (Å²) in [5, 5.41) is 13.2. The van der Waals surface area contributed by atoms with Crippen molar-refractivity contribution >= 4 is 43.5 Å². The van der Waals surface area contributed by atoms with Crippen LogP contribution in [-0.4, -0.2) is 30.0 Å². The first-order chi connectivity index (χ1) is 11.3. The minimum Gasteiger partial charge on any atom is -0.338 e. The maximum Gasteiger partial charge on any atom is 0.190 e. The number of fused-ring (bicyclic) bond motifs is 4. The highest BCUT2D eigenvalue weighted by Gasteiger charge is 2.14. The van der Waals surface area contributed by atoms with Crippen LogP contribution >= 0.6 is 15.9 Å². The Balaban J connectivity index is 1.87. The van der Waals surface area contributed by atoms with Gasteiger partial charge < -0.3 is 4.98 Å². The largest absolute Gasteiger partial charge is 0.338 e. The first-order valence-corrected chi connectivity index (χ1v) is 7.84. The fraction of sp³-hybridized carbons (Fsp3) is 0. The van der Waals surface area contributed by atoms with Crippen molar-refractivity contribution in [2.45, 2.75) is 0 Å². The number of nitrogens with one attached hydrogen (secondary N) is 1. The van der Waals surface area contributed by atoms with Crippen molar-refractivity contribution < 1.29 is 0 Å². The average molecular weight is 365 g/mol. The van der Waals surface area contributed by atoms with Gasteiger partial charge >= 0.3 is 0 Å². The number of H-pyrrole nitrogens is 1. The predicted molar refractivity (Wildman–Crippen MR) is 91.1 cm³/mol. The molecule has 0 bridgehead atoms. The number of rotatable bonds is 1. The Morgan fingerprint density at radius 1 is 1.04 bits per heavy atom. The topological polar surface area (TPSA) is 71.8 Å². The van der Waals surface area contributed by atoms with Crippen molar-refractivity contribution in [2.24, 2.45) is 0 Å². The lowest BCUT2D eigenvalue weighted by Crippen LogP contribution is -1.94. The Kier molecular flexibility index (Phi) is 2.54. The fourth-order valence-electron chi connectivity index (χ4n) is 2.82. The van der Waals surface area contributed by atoms with Gasteiger partial charge in [0.15, 0.2) is 5.65 Å². The number of imidazole rings is 1. The highest BCUT2D eigenvalue weighted by atomic mass is 79.9. The summed E-state index contributed by atoms with van der Waals surface area (Å²) in [5.74, 6) is 0.753. The van der Waals surface area contributed by atoms with Crippen LogP contribution < -0.4 is 0 Å². The van der Waals surface area contributed by atoms with E-state index >= 15 is 0 Å². The van der Waals surface area contributed by atoms with Crippen LogP contribution in [-0.2, 0) is 0 Å². The van der Waals surface area contributed by atoms with Gasteiger partial charge in [-0.05, 0) is 40.8 Å². The van der Waals surface area contributed by atoms with Crippen molar-refractivity contribution in [1.29, 1.82) is 0 Å². The summed E-state index contributed by atoms with van der Waals surface area (Å²) < 4.78 is 2.75. The quantitative estimate of drug-likeness (QED) is 0.493. The van der Waals surface area contributed by atoms with Gasteiger partial charge in [-0.2, -0.15) is 4.52 Å². The first kappa shape index (κ1) is 12.7. The molecule has 0 radical (unpaired) electrons. The lowest BCUT2D eigenvalue weighted by molar-refractivity contribution is 0.842. The van der Waals surface area contributed by atoms with Gasteiger partial charge in [0, 0.05) is 9.86 Å². The molecule has 0 saturated heterocycles. The number of halogens is 1.